The van der Waals surface area contributed by atoms with E-state index in [1.807, 2.05) is 4.90 Å². The number of hydrogen-bond donors (Lipinski definition) is 1. The molecule has 164 valence electrons. The first-order valence-corrected chi connectivity index (χ1v) is 13.5. The van der Waals surface area contributed by atoms with Crippen molar-refractivity contribution in [3.63, 3.8) is 0 Å². The van der Waals surface area contributed by atoms with Gasteiger partial charge in [-0.2, -0.15) is 0 Å². The zero-order valence-electron chi connectivity index (χ0n) is 17.8. The molecule has 0 aromatic heterocycles. The number of hydrogen-bond acceptors (Lipinski definition) is 9. The Kier molecular flexibility index (Phi) is 23.1. The van der Waals surface area contributed by atoms with E-state index in [9.17, 15) is 34.4 Å². The second-order valence-electron chi connectivity index (χ2n) is 6.62. The van der Waals surface area contributed by atoms with Crippen molar-refractivity contribution in [3.05, 3.63) is 0 Å². The van der Waals surface area contributed by atoms with Gasteiger partial charge in [-0.05, 0) is 65.6 Å². The first-order valence-electron chi connectivity index (χ1n) is 8.81. The van der Waals surface area contributed by atoms with Gasteiger partial charge in [-0.15, -0.1) is 0 Å². The Bertz CT molecular complexity index is 688. The van der Waals surface area contributed by atoms with Gasteiger partial charge in [0.2, 0.25) is 10.0 Å². The summed E-state index contributed by atoms with van der Waals surface area (Å²) >= 11 is 0. The zero-order valence-corrected chi connectivity index (χ0v) is 26.5. The van der Waals surface area contributed by atoms with Crippen molar-refractivity contribution in [1.29, 1.82) is 0 Å². The van der Waals surface area contributed by atoms with Crippen LogP contribution in [0.5, 0.6) is 0 Å². The molecule has 0 atom stereocenters. The molecule has 0 saturated heterocycles. The Labute approximate surface area is 261 Å². The molecule has 0 spiro atoms. The van der Waals surface area contributed by atoms with Gasteiger partial charge in [0.05, 0.1) is 25.5 Å². The van der Waals surface area contributed by atoms with Crippen LogP contribution in [-0.4, -0.2) is 82.2 Å². The third kappa shape index (κ3) is 23.9. The molecule has 0 aromatic rings. The largest absolute Gasteiger partial charge is 1.00 e. The van der Waals surface area contributed by atoms with E-state index in [-0.39, 0.29) is 122 Å². The van der Waals surface area contributed by atoms with Crippen LogP contribution in [0.25, 0.3) is 0 Å². The smallest absolute Gasteiger partial charge is 0.748 e. The Morgan fingerprint density at radius 3 is 1.45 bits per heavy atom. The summed E-state index contributed by atoms with van der Waals surface area (Å²) in [5, 5.41) is -0.531. The van der Waals surface area contributed by atoms with Crippen molar-refractivity contribution in [1.82, 2.24) is 9.62 Å². The van der Waals surface area contributed by atoms with Crippen LogP contribution in [0.1, 0.15) is 46.0 Å². The number of sulfonamides is 1. The fourth-order valence-electron chi connectivity index (χ4n) is 2.25. The summed E-state index contributed by atoms with van der Waals surface area (Å²) in [7, 11) is -11.8. The van der Waals surface area contributed by atoms with Gasteiger partial charge < -0.3 is 14.0 Å². The van der Waals surface area contributed by atoms with Crippen molar-refractivity contribution in [2.75, 3.05) is 37.7 Å². The minimum Gasteiger partial charge on any atom is -0.748 e. The molecular formula is C14H30K2N2O8S3. The summed E-state index contributed by atoms with van der Waals surface area (Å²) in [5.74, 6) is -0.882. The maximum Gasteiger partial charge on any atom is 1.00 e. The molecule has 0 aliphatic carbocycles. The summed E-state index contributed by atoms with van der Waals surface area (Å²) in [6, 6.07) is 0. The second kappa shape index (κ2) is 18.3. The van der Waals surface area contributed by atoms with Crippen LogP contribution in [-0.2, 0) is 30.3 Å². The van der Waals surface area contributed by atoms with Gasteiger partial charge in [-0.1, -0.05) is 0 Å². The van der Waals surface area contributed by atoms with Crippen molar-refractivity contribution < 1.29 is 137 Å². The van der Waals surface area contributed by atoms with E-state index in [0.29, 0.717) is 38.9 Å². The van der Waals surface area contributed by atoms with Crippen LogP contribution in [0, 0.1) is 0 Å². The van der Waals surface area contributed by atoms with E-state index in [1.165, 1.54) is 0 Å². The third-order valence-corrected chi connectivity index (χ3v) is 7.24. The molecule has 15 heteroatoms. The molecule has 0 aromatic carbocycles. The van der Waals surface area contributed by atoms with E-state index < -0.39 is 47.0 Å². The van der Waals surface area contributed by atoms with Crippen LogP contribution >= 0.6 is 0 Å². The summed E-state index contributed by atoms with van der Waals surface area (Å²) in [6.45, 7) is 4.91. The van der Waals surface area contributed by atoms with E-state index in [2.05, 4.69) is 4.72 Å². The standard InChI is InChI=1S/C14H32N2O8S3.2K/c1-14(2)27(23,24)15-8-7-11-16(9-3-5-12-25(17,18)19)10-4-6-13-26(20,21)22;;/h14-15H,3-13H2,1-2H3,(H,17,18,19)(H,20,21,22);;/q;2*+1/p-2. The molecule has 0 heterocycles. The minimum atomic E-state index is -4.25. The predicted octanol–water partition coefficient (Wildman–Crippen LogP) is -6.33. The van der Waals surface area contributed by atoms with E-state index >= 15 is 0 Å². The molecule has 0 rings (SSSR count). The summed E-state index contributed by atoms with van der Waals surface area (Å²) in [5.41, 5.74) is 0. The summed E-state index contributed by atoms with van der Waals surface area (Å²) in [6.07, 6.45) is 1.90. The third-order valence-electron chi connectivity index (χ3n) is 3.81. The average Bonchev–Trinajstić information content (AvgIpc) is 2.49. The number of rotatable bonds is 16. The summed E-state index contributed by atoms with van der Waals surface area (Å²) in [4.78, 5) is 1.94. The van der Waals surface area contributed by atoms with Crippen molar-refractivity contribution in [2.24, 2.45) is 0 Å². The second-order valence-corrected chi connectivity index (χ2v) is 12.0. The van der Waals surface area contributed by atoms with E-state index in [0.717, 1.165) is 0 Å². The van der Waals surface area contributed by atoms with Gasteiger partial charge in [0.25, 0.3) is 0 Å². The molecule has 10 nitrogen and oxygen atoms in total. The number of nitrogens with one attached hydrogen (secondary N) is 1. The fraction of sp³-hybridized carbons (Fsp3) is 1.00. The molecule has 0 unspecified atom stereocenters. The molecular weight excluding hydrogens is 499 g/mol. The maximum absolute atomic E-state index is 11.7. The van der Waals surface area contributed by atoms with Gasteiger partial charge in [0.1, 0.15) is 0 Å². The predicted molar refractivity (Wildman–Crippen MR) is 101 cm³/mol. The first-order chi connectivity index (χ1) is 12.2. The number of unbranched alkanes of at least 4 members (excludes halogenated alkanes) is 2. The van der Waals surface area contributed by atoms with Crippen LogP contribution in [0.3, 0.4) is 0 Å². The Hall–Kier alpha value is 2.96. The van der Waals surface area contributed by atoms with Crippen molar-refractivity contribution >= 4 is 30.3 Å². The van der Waals surface area contributed by atoms with Crippen molar-refractivity contribution in [2.45, 2.75) is 51.2 Å². The Balaban J connectivity index is -0.00000338. The van der Waals surface area contributed by atoms with Gasteiger partial charge in [0.15, 0.2) is 0 Å². The van der Waals surface area contributed by atoms with Crippen LogP contribution < -0.4 is 107 Å². The monoisotopic (exact) mass is 528 g/mol. The van der Waals surface area contributed by atoms with E-state index in [1.54, 1.807) is 13.8 Å². The van der Waals surface area contributed by atoms with Crippen LogP contribution in [0.4, 0.5) is 0 Å². The quantitative estimate of drug-likeness (QED) is 0.117. The summed E-state index contributed by atoms with van der Waals surface area (Å²) < 4.78 is 89.6. The van der Waals surface area contributed by atoms with E-state index in [4.69, 9.17) is 0 Å². The molecule has 0 radical (unpaired) electrons. The molecule has 0 aliphatic rings. The molecule has 1 N–H and O–H groups in total. The number of nitrogens with zero attached hydrogens (tertiary/aromatic N) is 1. The zero-order chi connectivity index (χ0) is 21.1. The van der Waals surface area contributed by atoms with Gasteiger partial charge >= 0.3 is 103 Å². The molecule has 0 amide bonds. The molecule has 0 saturated carbocycles. The Morgan fingerprint density at radius 1 is 0.724 bits per heavy atom. The molecule has 0 aliphatic heterocycles. The first kappa shape index (κ1) is 36.5. The van der Waals surface area contributed by atoms with Gasteiger partial charge in [-0.25, -0.2) is 30.0 Å². The maximum atomic E-state index is 11.7. The SMILES string of the molecule is CC(C)S(=O)(=O)NCCCN(CCCCS(=O)(=O)[O-])CCCCS(=O)(=O)[O-].[K+].[K+]. The topological polar surface area (TPSA) is 164 Å². The normalized spacial score (nSPS) is 12.6. The van der Waals surface area contributed by atoms with Crippen LogP contribution in [0.15, 0.2) is 0 Å². The molecule has 0 bridgehead atoms. The van der Waals surface area contributed by atoms with Gasteiger partial charge in [0, 0.05) is 18.1 Å². The van der Waals surface area contributed by atoms with Crippen LogP contribution in [0.2, 0.25) is 0 Å². The minimum absolute atomic E-state index is 0. The Morgan fingerprint density at radius 2 is 1.10 bits per heavy atom. The fourth-order valence-corrected chi connectivity index (χ4v) is 4.13. The molecule has 0 fully saturated rings. The average molecular weight is 529 g/mol. The van der Waals surface area contributed by atoms with Gasteiger partial charge in [-0.3, -0.25) is 0 Å². The van der Waals surface area contributed by atoms with Crippen molar-refractivity contribution in [3.8, 4) is 0 Å². The molecule has 29 heavy (non-hydrogen) atoms.